The average Bonchev–Trinajstić information content (AvgIpc) is 2.82. The first-order valence-electron chi connectivity index (χ1n) is 12.9. The molecule has 0 saturated carbocycles. The van der Waals surface area contributed by atoms with Crippen molar-refractivity contribution in [3.63, 3.8) is 0 Å². The molecule has 1 aliphatic heterocycles. The van der Waals surface area contributed by atoms with Crippen molar-refractivity contribution in [3.05, 3.63) is 58.1 Å². The van der Waals surface area contributed by atoms with E-state index >= 15 is 0 Å². The quantitative estimate of drug-likeness (QED) is 0.295. The molecule has 0 spiro atoms. The van der Waals surface area contributed by atoms with E-state index in [2.05, 4.69) is 27.7 Å². The number of benzene rings is 2. The van der Waals surface area contributed by atoms with E-state index in [0.29, 0.717) is 32.1 Å². The second-order valence-corrected chi connectivity index (χ2v) is 12.8. The Hall–Kier alpha value is -2.02. The van der Waals surface area contributed by atoms with Gasteiger partial charge in [0, 0.05) is 12.8 Å². The van der Waals surface area contributed by atoms with E-state index in [1.807, 2.05) is 6.92 Å². The molecule has 1 heterocycles. The first-order valence-corrected chi connectivity index (χ1v) is 14.4. The summed E-state index contributed by atoms with van der Waals surface area (Å²) in [7, 11) is -3.63. The molecule has 1 unspecified atom stereocenters. The van der Waals surface area contributed by atoms with E-state index in [1.54, 1.807) is 30.3 Å². The molecule has 0 N–H and O–H groups in total. The van der Waals surface area contributed by atoms with Crippen molar-refractivity contribution in [2.75, 3.05) is 0 Å². The van der Waals surface area contributed by atoms with Gasteiger partial charge in [-0.15, -0.1) is 0 Å². The van der Waals surface area contributed by atoms with Gasteiger partial charge >= 0.3 is 6.18 Å². The second-order valence-electron chi connectivity index (χ2n) is 10.6. The van der Waals surface area contributed by atoms with Crippen LogP contribution < -0.4 is 4.74 Å². The van der Waals surface area contributed by atoms with E-state index in [9.17, 15) is 21.6 Å². The molecular weight excluding hydrogens is 485 g/mol. The predicted molar refractivity (Wildman–Crippen MR) is 139 cm³/mol. The molecule has 7 heteroatoms. The van der Waals surface area contributed by atoms with Gasteiger partial charge in [0.05, 0.1) is 10.1 Å². The summed E-state index contributed by atoms with van der Waals surface area (Å²) in [6, 6.07) is 8.45. The summed E-state index contributed by atoms with van der Waals surface area (Å²) in [5.41, 5.74) is 5.37. The van der Waals surface area contributed by atoms with Gasteiger partial charge < -0.3 is 4.74 Å². The smallest absolute Gasteiger partial charge is 0.389 e. The zero-order valence-corrected chi connectivity index (χ0v) is 22.9. The topological polar surface area (TPSA) is 43.4 Å². The molecule has 2 atom stereocenters. The molecule has 1 aliphatic rings. The molecule has 0 amide bonds. The third kappa shape index (κ3) is 6.64. The lowest BCUT2D eigenvalue weighted by Gasteiger charge is -2.40. The van der Waals surface area contributed by atoms with Crippen LogP contribution in [0.15, 0.2) is 35.2 Å². The maximum atomic E-state index is 13.7. The summed E-state index contributed by atoms with van der Waals surface area (Å²) >= 11 is 0. The van der Waals surface area contributed by atoms with Gasteiger partial charge in [0.1, 0.15) is 11.4 Å². The second kappa shape index (κ2) is 11.2. The van der Waals surface area contributed by atoms with Gasteiger partial charge in [-0.25, -0.2) is 8.42 Å². The number of alkyl halides is 3. The van der Waals surface area contributed by atoms with Crippen molar-refractivity contribution in [1.82, 2.24) is 0 Å². The Morgan fingerprint density at radius 2 is 1.53 bits per heavy atom. The van der Waals surface area contributed by atoms with Gasteiger partial charge in [0.25, 0.3) is 0 Å². The first kappa shape index (κ1) is 28.5. The maximum absolute atomic E-state index is 13.7. The molecule has 2 aromatic carbocycles. The minimum absolute atomic E-state index is 0.0780. The fourth-order valence-corrected chi connectivity index (χ4v) is 7.30. The number of fused-ring (bicyclic) bond motifs is 1. The average molecular weight is 525 g/mol. The molecule has 0 fully saturated rings. The Labute approximate surface area is 214 Å². The van der Waals surface area contributed by atoms with Crippen LogP contribution in [0.3, 0.4) is 0 Å². The van der Waals surface area contributed by atoms with E-state index in [-0.39, 0.29) is 11.3 Å². The lowest BCUT2D eigenvalue weighted by Crippen LogP contribution is -2.42. The van der Waals surface area contributed by atoms with E-state index in [1.165, 1.54) is 22.3 Å². The number of hydrogen-bond donors (Lipinski definition) is 0. The van der Waals surface area contributed by atoms with Gasteiger partial charge in [-0.05, 0) is 100 Å². The van der Waals surface area contributed by atoms with Crippen LogP contribution in [0, 0.1) is 27.7 Å². The molecule has 0 aliphatic carbocycles. The van der Waals surface area contributed by atoms with Crippen LogP contribution in [0.25, 0.3) is 0 Å². The van der Waals surface area contributed by atoms with Crippen molar-refractivity contribution >= 4 is 9.84 Å². The Kier molecular flexibility index (Phi) is 8.85. The van der Waals surface area contributed by atoms with Gasteiger partial charge in [-0.3, -0.25) is 0 Å². The van der Waals surface area contributed by atoms with E-state index in [0.717, 1.165) is 24.2 Å². The highest BCUT2D eigenvalue weighted by atomic mass is 32.2. The zero-order valence-electron chi connectivity index (χ0n) is 22.1. The molecular formula is C29H39F3O3S. The predicted octanol–water partition coefficient (Wildman–Crippen LogP) is 8.14. The van der Waals surface area contributed by atoms with Crippen LogP contribution in [0.2, 0.25) is 0 Å². The van der Waals surface area contributed by atoms with Crippen molar-refractivity contribution in [2.24, 2.45) is 0 Å². The summed E-state index contributed by atoms with van der Waals surface area (Å²) in [6.45, 7) is 10.4. The molecule has 0 radical (unpaired) electrons. The maximum Gasteiger partial charge on any atom is 0.389 e. The largest absolute Gasteiger partial charge is 0.487 e. The molecule has 2 aromatic rings. The van der Waals surface area contributed by atoms with Crippen LogP contribution in [0.4, 0.5) is 13.2 Å². The molecule has 36 heavy (non-hydrogen) atoms. The van der Waals surface area contributed by atoms with Crippen molar-refractivity contribution in [2.45, 2.75) is 114 Å². The number of rotatable bonds is 10. The summed E-state index contributed by atoms with van der Waals surface area (Å²) in [6.07, 6.45) is -0.977. The number of halogens is 3. The van der Waals surface area contributed by atoms with Crippen LogP contribution in [-0.4, -0.2) is 25.4 Å². The lowest BCUT2D eigenvalue weighted by molar-refractivity contribution is -0.135. The molecule has 0 saturated heterocycles. The van der Waals surface area contributed by atoms with Gasteiger partial charge in [0.2, 0.25) is 0 Å². The fourth-order valence-electron chi connectivity index (χ4n) is 5.33. The van der Waals surface area contributed by atoms with Crippen LogP contribution in [-0.2, 0) is 16.3 Å². The fraction of sp³-hybridized carbons (Fsp3) is 0.586. The Balaban J connectivity index is 1.80. The van der Waals surface area contributed by atoms with E-state index < -0.39 is 33.3 Å². The monoisotopic (exact) mass is 524 g/mol. The van der Waals surface area contributed by atoms with Crippen LogP contribution >= 0.6 is 0 Å². The third-order valence-corrected chi connectivity index (χ3v) is 10.1. The summed E-state index contributed by atoms with van der Waals surface area (Å²) in [5, 5.41) is -0.665. The molecule has 3 nitrogen and oxygen atoms in total. The lowest BCUT2D eigenvalue weighted by atomic mass is 9.83. The zero-order chi connectivity index (χ0) is 26.7. The normalized spacial score (nSPS) is 19.0. The van der Waals surface area contributed by atoms with E-state index in [4.69, 9.17) is 4.74 Å². The summed E-state index contributed by atoms with van der Waals surface area (Å²) in [5.74, 6) is 0.882. The van der Waals surface area contributed by atoms with Crippen molar-refractivity contribution in [3.8, 4) is 5.75 Å². The Bertz CT molecular complexity index is 1160. The minimum Gasteiger partial charge on any atom is -0.487 e. The highest BCUT2D eigenvalue weighted by Crippen LogP contribution is 2.43. The highest BCUT2D eigenvalue weighted by molar-refractivity contribution is 7.92. The molecule has 0 aromatic heterocycles. The number of unbranched alkanes of at least 4 members (excludes halogenated alkanes) is 3. The minimum atomic E-state index is -4.14. The molecule has 3 rings (SSSR count). The van der Waals surface area contributed by atoms with Gasteiger partial charge in [-0.1, -0.05) is 37.5 Å². The van der Waals surface area contributed by atoms with Crippen LogP contribution in [0.5, 0.6) is 5.75 Å². The standard InChI is InChI=1S/C29H39F3O3S/c1-20-21(2)23(4)27-26(22(20)3)16-18-28(5,35-27)19-25(15-9-6-7-12-17-29(30,31)32)36(33,34)24-13-10-8-11-14-24/h8,10-11,13-14,25H,6-7,9,12,15-19H2,1-5H3/t25?,28-/m0/s1. The van der Waals surface area contributed by atoms with Crippen molar-refractivity contribution < 1.29 is 26.3 Å². The SMILES string of the molecule is Cc1c(C)c(C)c2c(c1C)CC[C@@](C)(CC(CCCCCCC(F)(F)F)S(=O)(=O)c1ccccc1)O2. The number of hydrogen-bond acceptors (Lipinski definition) is 3. The first-order chi connectivity index (χ1) is 16.8. The number of sulfone groups is 1. The molecule has 200 valence electrons. The highest BCUT2D eigenvalue weighted by Gasteiger charge is 2.40. The van der Waals surface area contributed by atoms with Crippen molar-refractivity contribution in [1.29, 1.82) is 0 Å². The van der Waals surface area contributed by atoms with Gasteiger partial charge in [0.15, 0.2) is 9.84 Å². The third-order valence-electron chi connectivity index (χ3n) is 7.91. The Morgan fingerprint density at radius 1 is 0.917 bits per heavy atom. The molecule has 0 bridgehead atoms. The van der Waals surface area contributed by atoms with Crippen LogP contribution in [0.1, 0.15) is 86.1 Å². The number of ether oxygens (including phenoxy) is 1. The van der Waals surface area contributed by atoms with Gasteiger partial charge in [-0.2, -0.15) is 13.2 Å². The summed E-state index contributed by atoms with van der Waals surface area (Å²) in [4.78, 5) is 0.283. The summed E-state index contributed by atoms with van der Waals surface area (Å²) < 4.78 is 71.3. The Morgan fingerprint density at radius 3 is 2.17 bits per heavy atom.